The first-order valence-corrected chi connectivity index (χ1v) is 9.69. The van der Waals surface area contributed by atoms with E-state index in [9.17, 15) is 13.2 Å². The van der Waals surface area contributed by atoms with E-state index in [4.69, 9.17) is 4.74 Å². The van der Waals surface area contributed by atoms with Gasteiger partial charge in [0.25, 0.3) is 5.91 Å². The molecule has 116 valence electrons. The molecule has 1 saturated heterocycles. The van der Waals surface area contributed by atoms with Crippen LogP contribution in [0.1, 0.15) is 13.3 Å². The highest BCUT2D eigenvalue weighted by Gasteiger charge is 2.33. The Labute approximate surface area is 138 Å². The molecule has 1 aliphatic heterocycles. The van der Waals surface area contributed by atoms with Crippen molar-refractivity contribution < 1.29 is 17.9 Å². The number of nitrogens with zero attached hydrogens (tertiary/aromatic N) is 1. The quantitative estimate of drug-likeness (QED) is 0.677. The Kier molecular flexibility index (Phi) is 5.48. The molecule has 2 rings (SSSR count). The van der Waals surface area contributed by atoms with Crippen LogP contribution in [0, 0.1) is 3.57 Å². The molecule has 1 amide bonds. The Morgan fingerprint density at radius 2 is 2.05 bits per heavy atom. The molecule has 0 N–H and O–H groups in total. The summed E-state index contributed by atoms with van der Waals surface area (Å²) < 4.78 is 29.6. The summed E-state index contributed by atoms with van der Waals surface area (Å²) in [7, 11) is -2.99. The molecular weight excluding hydrogens is 405 g/mol. The number of benzene rings is 1. The summed E-state index contributed by atoms with van der Waals surface area (Å²) in [5, 5.41) is 0. The molecule has 1 unspecified atom stereocenters. The lowest BCUT2D eigenvalue weighted by atomic mass is 10.2. The highest BCUT2D eigenvalue weighted by Crippen LogP contribution is 2.18. The lowest BCUT2D eigenvalue weighted by molar-refractivity contribution is -0.135. The average molecular weight is 423 g/mol. The van der Waals surface area contributed by atoms with E-state index in [-0.39, 0.29) is 30.1 Å². The van der Waals surface area contributed by atoms with Crippen molar-refractivity contribution in [3.05, 3.63) is 27.8 Å². The summed E-state index contributed by atoms with van der Waals surface area (Å²) in [6.07, 6.45) is 0.519. The molecule has 0 aliphatic carbocycles. The lowest BCUT2D eigenvalue weighted by Gasteiger charge is -2.26. The SMILES string of the molecule is CCN(C(=O)COc1ccc(I)cc1)C1CCS(=O)(=O)C1. The first-order valence-electron chi connectivity index (χ1n) is 6.79. The van der Waals surface area contributed by atoms with Gasteiger partial charge in [-0.1, -0.05) is 0 Å². The second-order valence-corrected chi connectivity index (χ2v) is 8.45. The van der Waals surface area contributed by atoms with Crippen LogP contribution < -0.4 is 4.74 Å². The maximum atomic E-state index is 12.2. The predicted octanol–water partition coefficient (Wildman–Crippen LogP) is 1.71. The van der Waals surface area contributed by atoms with Crippen LogP contribution in [-0.2, 0) is 14.6 Å². The summed E-state index contributed by atoms with van der Waals surface area (Å²) in [4.78, 5) is 13.8. The Morgan fingerprint density at radius 3 is 2.57 bits per heavy atom. The molecule has 0 aromatic heterocycles. The van der Waals surface area contributed by atoms with Gasteiger partial charge in [-0.15, -0.1) is 0 Å². The molecule has 1 aromatic rings. The molecule has 21 heavy (non-hydrogen) atoms. The number of ether oxygens (including phenoxy) is 1. The third kappa shape index (κ3) is 4.57. The summed E-state index contributed by atoms with van der Waals surface area (Å²) >= 11 is 2.20. The van der Waals surface area contributed by atoms with E-state index >= 15 is 0 Å². The minimum atomic E-state index is -2.99. The smallest absolute Gasteiger partial charge is 0.260 e. The third-order valence-corrected chi connectivity index (χ3v) is 5.96. The van der Waals surface area contributed by atoms with E-state index in [1.165, 1.54) is 0 Å². The fourth-order valence-corrected chi connectivity index (χ4v) is 4.51. The van der Waals surface area contributed by atoms with Crippen LogP contribution >= 0.6 is 22.6 Å². The number of rotatable bonds is 5. The Balaban J connectivity index is 1.93. The predicted molar refractivity (Wildman–Crippen MR) is 89.1 cm³/mol. The van der Waals surface area contributed by atoms with Crippen molar-refractivity contribution in [1.29, 1.82) is 0 Å². The number of carbonyl (C=O) groups is 1. The maximum absolute atomic E-state index is 12.2. The van der Waals surface area contributed by atoms with Crippen molar-refractivity contribution in [3.63, 3.8) is 0 Å². The first-order chi connectivity index (χ1) is 9.91. The zero-order valence-electron chi connectivity index (χ0n) is 11.8. The Hall–Kier alpha value is -0.830. The van der Waals surface area contributed by atoms with Crippen LogP contribution in [0.5, 0.6) is 5.75 Å². The Bertz CT molecular complexity index is 600. The van der Waals surface area contributed by atoms with E-state index in [1.54, 1.807) is 4.90 Å². The molecule has 1 atom stereocenters. The van der Waals surface area contributed by atoms with Gasteiger partial charge >= 0.3 is 0 Å². The van der Waals surface area contributed by atoms with Gasteiger partial charge in [-0.25, -0.2) is 8.42 Å². The summed E-state index contributed by atoms with van der Waals surface area (Å²) in [5.41, 5.74) is 0. The fraction of sp³-hybridized carbons (Fsp3) is 0.500. The zero-order chi connectivity index (χ0) is 15.5. The molecule has 0 spiro atoms. The molecule has 1 fully saturated rings. The fourth-order valence-electron chi connectivity index (χ4n) is 2.42. The zero-order valence-corrected chi connectivity index (χ0v) is 14.8. The van der Waals surface area contributed by atoms with Gasteiger partial charge in [0.05, 0.1) is 11.5 Å². The van der Waals surface area contributed by atoms with Crippen LogP contribution in [0.4, 0.5) is 0 Å². The monoisotopic (exact) mass is 423 g/mol. The number of likely N-dealkylation sites (N-methyl/N-ethyl adjacent to an activating group) is 1. The van der Waals surface area contributed by atoms with Crippen LogP contribution in [0.15, 0.2) is 24.3 Å². The van der Waals surface area contributed by atoms with E-state index in [0.717, 1.165) is 3.57 Å². The molecular formula is C14H18INO4S. The van der Waals surface area contributed by atoms with Crippen LogP contribution in [0.25, 0.3) is 0 Å². The number of carbonyl (C=O) groups excluding carboxylic acids is 1. The number of hydrogen-bond acceptors (Lipinski definition) is 4. The number of halogens is 1. The van der Waals surface area contributed by atoms with Crippen molar-refractivity contribution >= 4 is 38.3 Å². The van der Waals surface area contributed by atoms with E-state index in [2.05, 4.69) is 22.6 Å². The van der Waals surface area contributed by atoms with Gasteiger partial charge < -0.3 is 9.64 Å². The van der Waals surface area contributed by atoms with Gasteiger partial charge in [-0.2, -0.15) is 0 Å². The van der Waals surface area contributed by atoms with Crippen LogP contribution in [-0.4, -0.2) is 49.9 Å². The number of amides is 1. The molecule has 0 radical (unpaired) electrons. The molecule has 1 aromatic carbocycles. The summed E-state index contributed by atoms with van der Waals surface area (Å²) in [6.45, 7) is 2.29. The van der Waals surface area contributed by atoms with Crippen molar-refractivity contribution in [2.45, 2.75) is 19.4 Å². The molecule has 7 heteroatoms. The standard InChI is InChI=1S/C14H18INO4S/c1-2-16(12-7-8-21(18,19)10-12)14(17)9-20-13-5-3-11(15)4-6-13/h3-6,12H,2,7-10H2,1H3. The first kappa shape index (κ1) is 16.5. The van der Waals surface area contributed by atoms with E-state index in [0.29, 0.717) is 18.7 Å². The highest BCUT2D eigenvalue weighted by molar-refractivity contribution is 14.1. The van der Waals surface area contributed by atoms with Gasteiger partial charge in [0.2, 0.25) is 0 Å². The number of sulfone groups is 1. The Morgan fingerprint density at radius 1 is 1.38 bits per heavy atom. The minimum absolute atomic E-state index is 0.0645. The molecule has 1 aliphatic rings. The molecule has 5 nitrogen and oxygen atoms in total. The van der Waals surface area contributed by atoms with Crippen molar-refractivity contribution in [2.24, 2.45) is 0 Å². The van der Waals surface area contributed by atoms with Gasteiger partial charge in [0, 0.05) is 16.2 Å². The van der Waals surface area contributed by atoms with Gasteiger partial charge in [-0.05, 0) is 60.2 Å². The number of hydrogen-bond donors (Lipinski definition) is 0. The van der Waals surface area contributed by atoms with Crippen molar-refractivity contribution in [2.75, 3.05) is 24.7 Å². The van der Waals surface area contributed by atoms with Crippen LogP contribution in [0.3, 0.4) is 0 Å². The largest absolute Gasteiger partial charge is 0.484 e. The second kappa shape index (κ2) is 6.95. The lowest BCUT2D eigenvalue weighted by Crippen LogP contribution is -2.43. The van der Waals surface area contributed by atoms with Gasteiger partial charge in [-0.3, -0.25) is 4.79 Å². The van der Waals surface area contributed by atoms with Crippen molar-refractivity contribution in [3.8, 4) is 5.75 Å². The van der Waals surface area contributed by atoms with Gasteiger partial charge in [0.15, 0.2) is 16.4 Å². The normalized spacial score (nSPS) is 20.2. The van der Waals surface area contributed by atoms with Crippen molar-refractivity contribution in [1.82, 2.24) is 4.90 Å². The third-order valence-electron chi connectivity index (χ3n) is 3.49. The summed E-state index contributed by atoms with van der Waals surface area (Å²) in [5.74, 6) is 0.701. The minimum Gasteiger partial charge on any atom is -0.484 e. The summed E-state index contributed by atoms with van der Waals surface area (Å²) in [6, 6.07) is 7.22. The maximum Gasteiger partial charge on any atom is 0.260 e. The van der Waals surface area contributed by atoms with Crippen LogP contribution in [0.2, 0.25) is 0 Å². The highest BCUT2D eigenvalue weighted by atomic mass is 127. The average Bonchev–Trinajstić information content (AvgIpc) is 2.79. The van der Waals surface area contributed by atoms with E-state index < -0.39 is 9.84 Å². The van der Waals surface area contributed by atoms with Gasteiger partial charge in [0.1, 0.15) is 5.75 Å². The molecule has 1 heterocycles. The second-order valence-electron chi connectivity index (χ2n) is 4.98. The topological polar surface area (TPSA) is 63.7 Å². The molecule has 0 saturated carbocycles. The van der Waals surface area contributed by atoms with E-state index in [1.807, 2.05) is 31.2 Å². The molecule has 0 bridgehead atoms.